The normalized spacial score (nSPS) is 10.8. The topological polar surface area (TPSA) is 54.8 Å². The summed E-state index contributed by atoms with van der Waals surface area (Å²) >= 11 is 0. The van der Waals surface area contributed by atoms with E-state index in [-0.39, 0.29) is 0 Å². The van der Waals surface area contributed by atoms with Gasteiger partial charge < -0.3 is 15.7 Å². The highest BCUT2D eigenvalue weighted by atomic mass is 15.0. The van der Waals surface area contributed by atoms with Crippen molar-refractivity contribution >= 4 is 28.0 Å². The molecule has 0 aliphatic carbocycles. The lowest BCUT2D eigenvalue weighted by atomic mass is 9.79. The summed E-state index contributed by atoms with van der Waals surface area (Å²) in [5.74, 6) is 0. The number of hydrogen-bond acceptors (Lipinski definition) is 2. The first-order valence-corrected chi connectivity index (χ1v) is 26.6. The van der Waals surface area contributed by atoms with Crippen LogP contribution in [-0.2, 0) is 6.54 Å². The van der Waals surface area contributed by atoms with Gasteiger partial charge in [0.2, 0.25) is 0 Å². The Kier molecular flexibility index (Phi) is 15.3. The highest BCUT2D eigenvalue weighted by Gasteiger charge is 2.30. The number of rotatable bonds is 10. The van der Waals surface area contributed by atoms with Crippen molar-refractivity contribution < 1.29 is 0 Å². The van der Waals surface area contributed by atoms with Gasteiger partial charge in [-0.05, 0) is 104 Å². The fourth-order valence-electron chi connectivity index (χ4n) is 10.7. The minimum atomic E-state index is 0.640. The van der Waals surface area contributed by atoms with Crippen LogP contribution in [0.25, 0.3) is 105 Å². The summed E-state index contributed by atoms with van der Waals surface area (Å²) in [6.45, 7) is 2.83. The molecule has 3 heteroatoms. The molecular weight excluding hydrogens is 943 g/mol. The SMILES string of the molecule is Cc1cccc(-c2cccc3c2c2c(-c4ccccc4)c(-c4ccccc4)c(-c4ccccc4)c(-c4ccccc4)c2n3-c2ccc(-c3cccc(-c4ccccc4)c3)cc2)c1.N=Cc1ccccc1.NCc1ccccc1. The van der Waals surface area contributed by atoms with Crippen LogP contribution in [0.3, 0.4) is 0 Å². The van der Waals surface area contributed by atoms with Crippen molar-refractivity contribution in [2.24, 2.45) is 5.73 Å². The van der Waals surface area contributed by atoms with Gasteiger partial charge in [-0.15, -0.1) is 0 Å². The monoisotopic (exact) mass is 1000 g/mol. The first-order valence-electron chi connectivity index (χ1n) is 26.6. The van der Waals surface area contributed by atoms with Gasteiger partial charge in [0, 0.05) is 45.9 Å². The van der Waals surface area contributed by atoms with E-state index < -0.39 is 0 Å². The molecule has 0 aliphatic heterocycles. The standard InChI is InChI=1S/C61H43N.C7H9N.C7H7N/c1-42-20-17-33-51(40-42)53-34-19-35-54-59(53)60-57(47-27-13-5-14-28-47)55(45-23-9-3-10-24-45)56(46-25-11-4-12-26-46)58(48-29-15-6-16-30-48)61(60)62(54)52-38-36-44(37-39-52)50-32-18-31-49(41-50)43-21-7-2-8-22-43;2*8-6-7-4-2-1-3-5-7/h2-41H,1H3;1-5H,6,8H2;1-6,8H. The summed E-state index contributed by atoms with van der Waals surface area (Å²) in [5.41, 5.74) is 29.0. The van der Waals surface area contributed by atoms with Crippen LogP contribution in [0, 0.1) is 12.3 Å². The summed E-state index contributed by atoms with van der Waals surface area (Å²) in [7, 11) is 0. The molecule has 3 nitrogen and oxygen atoms in total. The fourth-order valence-corrected chi connectivity index (χ4v) is 10.7. The van der Waals surface area contributed by atoms with Gasteiger partial charge in [-0.1, -0.05) is 285 Å². The lowest BCUT2D eigenvalue weighted by Gasteiger charge is -2.24. The van der Waals surface area contributed by atoms with Crippen LogP contribution in [0.4, 0.5) is 0 Å². The molecule has 0 aliphatic rings. The van der Waals surface area contributed by atoms with E-state index in [4.69, 9.17) is 11.1 Å². The second kappa shape index (κ2) is 23.7. The molecule has 1 aromatic heterocycles. The Bertz CT molecular complexity index is 4080. The second-order valence-electron chi connectivity index (χ2n) is 19.3. The van der Waals surface area contributed by atoms with Crippen molar-refractivity contribution in [2.45, 2.75) is 13.5 Å². The maximum atomic E-state index is 6.82. The van der Waals surface area contributed by atoms with Crippen LogP contribution < -0.4 is 5.73 Å². The third-order valence-corrected chi connectivity index (χ3v) is 14.3. The Labute approximate surface area is 458 Å². The van der Waals surface area contributed by atoms with Crippen LogP contribution in [0.1, 0.15) is 16.7 Å². The lowest BCUT2D eigenvalue weighted by Crippen LogP contribution is -2.00. The molecule has 12 aromatic carbocycles. The number of nitrogens with two attached hydrogens (primary N) is 1. The Balaban J connectivity index is 0.000000347. The smallest absolute Gasteiger partial charge is 0.0632 e. The molecule has 0 atom stereocenters. The summed E-state index contributed by atoms with van der Waals surface area (Å²) in [5, 5.41) is 9.29. The number of hydrogen-bond donors (Lipinski definition) is 2. The van der Waals surface area contributed by atoms with Gasteiger partial charge in [-0.25, -0.2) is 0 Å². The van der Waals surface area contributed by atoms with Crippen molar-refractivity contribution in [3.63, 3.8) is 0 Å². The molecule has 0 unspecified atom stereocenters. The van der Waals surface area contributed by atoms with Crippen molar-refractivity contribution in [3.8, 4) is 83.6 Å². The highest BCUT2D eigenvalue weighted by Crippen LogP contribution is 2.55. The number of fused-ring (bicyclic) bond motifs is 3. The summed E-state index contributed by atoms with van der Waals surface area (Å²) in [6.07, 6.45) is 1.33. The summed E-state index contributed by atoms with van der Waals surface area (Å²) in [4.78, 5) is 0. The number of benzene rings is 12. The average Bonchev–Trinajstić information content (AvgIpc) is 3.86. The van der Waals surface area contributed by atoms with E-state index in [1.165, 1.54) is 112 Å². The molecule has 1 heterocycles. The maximum Gasteiger partial charge on any atom is 0.0632 e. The Morgan fingerprint density at radius 1 is 0.346 bits per heavy atom. The van der Waals surface area contributed by atoms with Crippen molar-refractivity contribution in [3.05, 3.63) is 320 Å². The van der Waals surface area contributed by atoms with Gasteiger partial charge >= 0.3 is 0 Å². The average molecular weight is 1000 g/mol. The van der Waals surface area contributed by atoms with Crippen molar-refractivity contribution in [2.75, 3.05) is 0 Å². The van der Waals surface area contributed by atoms with Gasteiger partial charge in [0.1, 0.15) is 0 Å². The Hall–Kier alpha value is -9.93. The number of nitrogens with zero attached hydrogens (tertiary/aromatic N) is 1. The van der Waals surface area contributed by atoms with Gasteiger partial charge in [-0.2, -0.15) is 0 Å². The molecule has 13 rings (SSSR count). The Morgan fingerprint density at radius 3 is 1.24 bits per heavy atom. The van der Waals surface area contributed by atoms with Crippen LogP contribution >= 0.6 is 0 Å². The predicted molar refractivity (Wildman–Crippen MR) is 332 cm³/mol. The zero-order valence-electron chi connectivity index (χ0n) is 43.7. The first-order chi connectivity index (χ1) is 38.6. The quantitative estimate of drug-likeness (QED) is 0.132. The second-order valence-corrected chi connectivity index (χ2v) is 19.3. The van der Waals surface area contributed by atoms with E-state index in [0.717, 1.165) is 16.8 Å². The third kappa shape index (κ3) is 10.7. The maximum absolute atomic E-state index is 6.82. The number of aryl methyl sites for hydroxylation is 1. The van der Waals surface area contributed by atoms with Gasteiger partial charge in [-0.3, -0.25) is 0 Å². The molecule has 3 N–H and O–H groups in total. The van der Waals surface area contributed by atoms with Crippen LogP contribution in [0.5, 0.6) is 0 Å². The third-order valence-electron chi connectivity index (χ3n) is 14.3. The lowest BCUT2D eigenvalue weighted by molar-refractivity contribution is 1.07. The van der Waals surface area contributed by atoms with Crippen molar-refractivity contribution in [1.29, 1.82) is 5.41 Å². The summed E-state index contributed by atoms with van der Waals surface area (Å²) in [6, 6.07) is 108. The van der Waals surface area contributed by atoms with Crippen molar-refractivity contribution in [1.82, 2.24) is 4.57 Å². The van der Waals surface area contributed by atoms with Crippen LogP contribution in [0.2, 0.25) is 0 Å². The van der Waals surface area contributed by atoms with E-state index >= 15 is 0 Å². The predicted octanol–water partition coefficient (Wildman–Crippen LogP) is 19.6. The van der Waals surface area contributed by atoms with E-state index in [1.807, 2.05) is 60.7 Å². The molecule has 13 aromatic rings. The fraction of sp³-hybridized carbons (Fsp3) is 0.0267. The van der Waals surface area contributed by atoms with E-state index in [0.29, 0.717) is 6.54 Å². The zero-order chi connectivity index (χ0) is 53.0. The highest BCUT2D eigenvalue weighted by molar-refractivity contribution is 6.29. The molecule has 78 heavy (non-hydrogen) atoms. The van der Waals surface area contributed by atoms with Crippen LogP contribution in [-0.4, -0.2) is 10.8 Å². The molecule has 0 bridgehead atoms. The minimum absolute atomic E-state index is 0.640. The zero-order valence-corrected chi connectivity index (χ0v) is 43.7. The molecular formula is C75H59N3. The minimum Gasteiger partial charge on any atom is -0.326 e. The van der Waals surface area contributed by atoms with Gasteiger partial charge in [0.05, 0.1) is 11.0 Å². The van der Waals surface area contributed by atoms with E-state index in [1.54, 1.807) is 0 Å². The first kappa shape index (κ1) is 50.2. The number of aromatic nitrogens is 1. The largest absolute Gasteiger partial charge is 0.326 e. The van der Waals surface area contributed by atoms with Crippen LogP contribution in [0.15, 0.2) is 303 Å². The Morgan fingerprint density at radius 2 is 0.756 bits per heavy atom. The molecule has 0 fully saturated rings. The molecule has 0 radical (unpaired) electrons. The number of nitrogens with one attached hydrogen (secondary N) is 1. The molecule has 0 spiro atoms. The van der Waals surface area contributed by atoms with E-state index in [2.05, 4.69) is 254 Å². The molecule has 0 saturated carbocycles. The van der Waals surface area contributed by atoms with Gasteiger partial charge in [0.15, 0.2) is 0 Å². The molecule has 0 amide bonds. The van der Waals surface area contributed by atoms with Gasteiger partial charge in [0.25, 0.3) is 0 Å². The summed E-state index contributed by atoms with van der Waals surface area (Å²) < 4.78 is 2.55. The molecule has 0 saturated heterocycles. The molecule has 374 valence electrons. The van der Waals surface area contributed by atoms with E-state index in [9.17, 15) is 0 Å².